The van der Waals surface area contributed by atoms with Gasteiger partial charge in [-0.15, -0.1) is 0 Å². The topological polar surface area (TPSA) is 39.1 Å². The number of nitrogens with one attached hydrogen (secondary N) is 1. The molecule has 0 unspecified atom stereocenters. The number of nitriles is 1. The highest BCUT2D eigenvalue weighted by Gasteiger charge is 2.14. The number of rotatable bonds is 2. The molecule has 84 valence electrons. The van der Waals surface area contributed by atoms with Crippen molar-refractivity contribution in [3.63, 3.8) is 0 Å². The Labute approximate surface area is 96.7 Å². The van der Waals surface area contributed by atoms with Gasteiger partial charge in [0, 0.05) is 20.1 Å². The molecule has 1 heterocycles. The van der Waals surface area contributed by atoms with E-state index in [1.54, 1.807) is 0 Å². The first kappa shape index (κ1) is 10.8. The molecule has 16 heavy (non-hydrogen) atoms. The van der Waals surface area contributed by atoms with E-state index in [1.165, 1.54) is 24.9 Å². The summed E-state index contributed by atoms with van der Waals surface area (Å²) in [5.41, 5.74) is 2.99. The number of hydrogen-bond acceptors (Lipinski definition) is 3. The second-order valence-electron chi connectivity index (χ2n) is 4.14. The van der Waals surface area contributed by atoms with Gasteiger partial charge in [-0.3, -0.25) is 0 Å². The Kier molecular flexibility index (Phi) is 3.31. The molecule has 0 aliphatic carbocycles. The summed E-state index contributed by atoms with van der Waals surface area (Å²) in [7, 11) is 1.91. The highest BCUT2D eigenvalue weighted by Crippen LogP contribution is 2.28. The molecule has 0 atom stereocenters. The minimum Gasteiger partial charge on any atom is -0.386 e. The van der Waals surface area contributed by atoms with Crippen LogP contribution in [0.3, 0.4) is 0 Å². The number of benzene rings is 1. The van der Waals surface area contributed by atoms with Crippen molar-refractivity contribution in [1.29, 1.82) is 5.26 Å². The van der Waals surface area contributed by atoms with Gasteiger partial charge in [0.2, 0.25) is 0 Å². The summed E-state index contributed by atoms with van der Waals surface area (Å²) in [4.78, 5) is 2.40. The smallest absolute Gasteiger partial charge is 0.0992 e. The molecule has 0 radical (unpaired) electrons. The molecule has 0 spiro atoms. The van der Waals surface area contributed by atoms with Crippen LogP contribution in [-0.2, 0) is 0 Å². The van der Waals surface area contributed by atoms with Crippen molar-refractivity contribution < 1.29 is 0 Å². The maximum atomic E-state index is 8.87. The second-order valence-corrected chi connectivity index (χ2v) is 4.14. The van der Waals surface area contributed by atoms with Gasteiger partial charge < -0.3 is 10.2 Å². The predicted molar refractivity (Wildman–Crippen MR) is 66.8 cm³/mol. The van der Waals surface area contributed by atoms with Gasteiger partial charge in [-0.25, -0.2) is 0 Å². The van der Waals surface area contributed by atoms with Crippen molar-refractivity contribution in [2.45, 2.75) is 19.3 Å². The summed E-state index contributed by atoms with van der Waals surface area (Å²) < 4.78 is 0. The molecule has 1 aromatic carbocycles. The van der Waals surface area contributed by atoms with Crippen LogP contribution < -0.4 is 10.2 Å². The third-order valence-corrected chi connectivity index (χ3v) is 3.09. The Hall–Kier alpha value is -1.69. The standard InChI is InChI=1S/C13H17N3/c1-15-12-9-11(10-14)5-6-13(12)16-7-3-2-4-8-16/h5-6,9,15H,2-4,7-8H2,1H3. The fourth-order valence-electron chi connectivity index (χ4n) is 2.22. The third-order valence-electron chi connectivity index (χ3n) is 3.09. The summed E-state index contributed by atoms with van der Waals surface area (Å²) >= 11 is 0. The molecular weight excluding hydrogens is 198 g/mol. The average molecular weight is 215 g/mol. The average Bonchev–Trinajstić information content (AvgIpc) is 2.39. The van der Waals surface area contributed by atoms with Crippen LogP contribution in [0.4, 0.5) is 11.4 Å². The van der Waals surface area contributed by atoms with Crippen LogP contribution in [0, 0.1) is 11.3 Å². The summed E-state index contributed by atoms with van der Waals surface area (Å²) in [6.45, 7) is 2.25. The Balaban J connectivity index is 2.29. The van der Waals surface area contributed by atoms with Crippen LogP contribution in [0.2, 0.25) is 0 Å². The van der Waals surface area contributed by atoms with E-state index in [0.717, 1.165) is 18.8 Å². The second kappa shape index (κ2) is 4.89. The lowest BCUT2D eigenvalue weighted by Gasteiger charge is -2.30. The molecule has 1 fully saturated rings. The third kappa shape index (κ3) is 2.11. The number of anilines is 2. The first-order valence-corrected chi connectivity index (χ1v) is 5.82. The highest BCUT2D eigenvalue weighted by molar-refractivity contribution is 5.72. The number of piperidine rings is 1. The Morgan fingerprint density at radius 2 is 2.00 bits per heavy atom. The molecule has 2 rings (SSSR count). The van der Waals surface area contributed by atoms with Crippen molar-refractivity contribution in [3.05, 3.63) is 23.8 Å². The Morgan fingerprint density at radius 3 is 2.62 bits per heavy atom. The van der Waals surface area contributed by atoms with Gasteiger partial charge in [0.1, 0.15) is 0 Å². The summed E-state index contributed by atoms with van der Waals surface area (Å²) in [6, 6.07) is 8.04. The van der Waals surface area contributed by atoms with Gasteiger partial charge in [-0.2, -0.15) is 5.26 Å². The van der Waals surface area contributed by atoms with Gasteiger partial charge in [0.15, 0.2) is 0 Å². The minimum atomic E-state index is 0.713. The van der Waals surface area contributed by atoms with Crippen molar-refractivity contribution in [2.24, 2.45) is 0 Å². The summed E-state index contributed by atoms with van der Waals surface area (Å²) in [5, 5.41) is 12.0. The SMILES string of the molecule is CNc1cc(C#N)ccc1N1CCCCC1. The van der Waals surface area contributed by atoms with Crippen LogP contribution in [0.5, 0.6) is 0 Å². The van der Waals surface area contributed by atoms with Crippen molar-refractivity contribution in [2.75, 3.05) is 30.4 Å². The monoisotopic (exact) mass is 215 g/mol. The summed E-state index contributed by atoms with van der Waals surface area (Å²) in [5.74, 6) is 0. The van der Waals surface area contributed by atoms with Crippen LogP contribution in [0.25, 0.3) is 0 Å². The molecule has 1 aliphatic rings. The molecule has 1 aliphatic heterocycles. The minimum absolute atomic E-state index is 0.713. The maximum absolute atomic E-state index is 8.87. The summed E-state index contributed by atoms with van der Waals surface area (Å²) in [6.07, 6.45) is 3.87. The lowest BCUT2D eigenvalue weighted by molar-refractivity contribution is 0.578. The zero-order valence-electron chi connectivity index (χ0n) is 9.66. The van der Waals surface area contributed by atoms with Gasteiger partial charge >= 0.3 is 0 Å². The Morgan fingerprint density at radius 1 is 1.25 bits per heavy atom. The molecule has 1 saturated heterocycles. The lowest BCUT2D eigenvalue weighted by Crippen LogP contribution is -2.29. The first-order valence-electron chi connectivity index (χ1n) is 5.82. The molecule has 0 amide bonds. The molecule has 1 N–H and O–H groups in total. The van der Waals surface area contributed by atoms with Gasteiger partial charge in [0.25, 0.3) is 0 Å². The highest BCUT2D eigenvalue weighted by atomic mass is 15.1. The van der Waals surface area contributed by atoms with Crippen molar-refractivity contribution in [3.8, 4) is 6.07 Å². The first-order chi connectivity index (χ1) is 7.85. The van der Waals surface area contributed by atoms with Gasteiger partial charge in [0.05, 0.1) is 23.0 Å². The molecule has 1 aromatic rings. The van der Waals surface area contributed by atoms with E-state index in [-0.39, 0.29) is 0 Å². The quantitative estimate of drug-likeness (QED) is 0.824. The van der Waals surface area contributed by atoms with E-state index in [2.05, 4.69) is 22.4 Å². The number of hydrogen-bond donors (Lipinski definition) is 1. The Bertz CT molecular complexity index is 400. The fourth-order valence-corrected chi connectivity index (χ4v) is 2.22. The van der Waals surface area contributed by atoms with Crippen molar-refractivity contribution in [1.82, 2.24) is 0 Å². The van der Waals surface area contributed by atoms with E-state index in [1.807, 2.05) is 19.2 Å². The van der Waals surface area contributed by atoms with Crippen LogP contribution in [-0.4, -0.2) is 20.1 Å². The van der Waals surface area contributed by atoms with Crippen LogP contribution in [0.1, 0.15) is 24.8 Å². The van der Waals surface area contributed by atoms with Crippen LogP contribution in [0.15, 0.2) is 18.2 Å². The van der Waals surface area contributed by atoms with Crippen molar-refractivity contribution >= 4 is 11.4 Å². The largest absolute Gasteiger partial charge is 0.386 e. The molecule has 3 heteroatoms. The van der Waals surface area contributed by atoms with E-state index in [0.29, 0.717) is 5.56 Å². The zero-order valence-corrected chi connectivity index (χ0v) is 9.66. The number of nitrogens with zero attached hydrogens (tertiary/aromatic N) is 2. The van der Waals surface area contributed by atoms with Gasteiger partial charge in [-0.05, 0) is 37.5 Å². The molecule has 0 saturated carbocycles. The van der Waals surface area contributed by atoms with Crippen LogP contribution >= 0.6 is 0 Å². The van der Waals surface area contributed by atoms with Gasteiger partial charge in [-0.1, -0.05) is 0 Å². The maximum Gasteiger partial charge on any atom is 0.0992 e. The molecular formula is C13H17N3. The van der Waals surface area contributed by atoms with E-state index < -0.39 is 0 Å². The molecule has 3 nitrogen and oxygen atoms in total. The van der Waals surface area contributed by atoms with E-state index in [4.69, 9.17) is 5.26 Å². The lowest BCUT2D eigenvalue weighted by atomic mass is 10.1. The zero-order chi connectivity index (χ0) is 11.4. The molecule has 0 aromatic heterocycles. The van der Waals surface area contributed by atoms with E-state index >= 15 is 0 Å². The molecule has 0 bridgehead atoms. The fraction of sp³-hybridized carbons (Fsp3) is 0.462. The normalized spacial score (nSPS) is 15.6. The predicted octanol–water partition coefficient (Wildman–Crippen LogP) is 2.59. The van der Waals surface area contributed by atoms with E-state index in [9.17, 15) is 0 Å².